The van der Waals surface area contributed by atoms with Gasteiger partial charge in [0.15, 0.2) is 0 Å². The molecule has 18 heavy (non-hydrogen) atoms. The summed E-state index contributed by atoms with van der Waals surface area (Å²) in [5.41, 5.74) is 1.07. The fraction of sp³-hybridized carbons (Fsp3) is 0.455. The minimum atomic E-state index is -0.872. The summed E-state index contributed by atoms with van der Waals surface area (Å²) < 4.78 is 5.07. The molecule has 0 unspecified atom stereocenters. The first-order valence-electron chi connectivity index (χ1n) is 5.72. The SMILES string of the molecule is Cc1noc2ncnc(N(CC(=O)O)C3CC3)c12. The lowest BCUT2D eigenvalue weighted by Gasteiger charge is -2.21. The molecule has 94 valence electrons. The molecule has 2 aromatic heterocycles. The van der Waals surface area contributed by atoms with Crippen LogP contribution in [0.1, 0.15) is 18.5 Å². The predicted octanol–water partition coefficient (Wildman–Crippen LogP) is 0.980. The van der Waals surface area contributed by atoms with Crippen molar-refractivity contribution in [2.75, 3.05) is 11.4 Å². The highest BCUT2D eigenvalue weighted by Gasteiger charge is 2.33. The zero-order chi connectivity index (χ0) is 12.7. The molecular weight excluding hydrogens is 236 g/mol. The van der Waals surface area contributed by atoms with E-state index in [1.165, 1.54) is 6.33 Å². The number of hydrogen-bond acceptors (Lipinski definition) is 6. The number of aromatic nitrogens is 3. The molecular formula is C11H12N4O3. The molecule has 3 rings (SSSR count). The maximum Gasteiger partial charge on any atom is 0.323 e. The van der Waals surface area contributed by atoms with Crippen LogP contribution < -0.4 is 4.90 Å². The molecule has 0 bridgehead atoms. The van der Waals surface area contributed by atoms with Gasteiger partial charge in [-0.05, 0) is 19.8 Å². The van der Waals surface area contributed by atoms with E-state index in [9.17, 15) is 4.79 Å². The zero-order valence-electron chi connectivity index (χ0n) is 9.83. The van der Waals surface area contributed by atoms with Crippen molar-refractivity contribution in [1.29, 1.82) is 0 Å². The quantitative estimate of drug-likeness (QED) is 0.861. The molecule has 1 fully saturated rings. The second kappa shape index (κ2) is 3.94. The number of anilines is 1. The maximum absolute atomic E-state index is 11.0. The van der Waals surface area contributed by atoms with Gasteiger partial charge in [0.1, 0.15) is 24.1 Å². The normalized spacial score (nSPS) is 14.9. The summed E-state index contributed by atoms with van der Waals surface area (Å²) in [6, 6.07) is 0.244. The Morgan fingerprint density at radius 3 is 3.00 bits per heavy atom. The molecule has 0 spiro atoms. The summed E-state index contributed by atoms with van der Waals surface area (Å²) in [6.45, 7) is 1.73. The smallest absolute Gasteiger partial charge is 0.323 e. The van der Waals surface area contributed by atoms with Gasteiger partial charge in [-0.1, -0.05) is 5.16 Å². The lowest BCUT2D eigenvalue weighted by Crippen LogP contribution is -2.32. The first-order chi connectivity index (χ1) is 8.66. The lowest BCUT2D eigenvalue weighted by molar-refractivity contribution is -0.135. The summed E-state index contributed by atoms with van der Waals surface area (Å²) in [5, 5.41) is 13.5. The first-order valence-corrected chi connectivity index (χ1v) is 5.72. The predicted molar refractivity (Wildman–Crippen MR) is 62.3 cm³/mol. The zero-order valence-corrected chi connectivity index (χ0v) is 9.83. The van der Waals surface area contributed by atoms with Gasteiger partial charge in [-0.3, -0.25) is 4.79 Å². The van der Waals surface area contributed by atoms with Crippen molar-refractivity contribution in [3.8, 4) is 0 Å². The van der Waals surface area contributed by atoms with Crippen molar-refractivity contribution in [2.24, 2.45) is 0 Å². The molecule has 0 atom stereocenters. The molecule has 1 N–H and O–H groups in total. The monoisotopic (exact) mass is 248 g/mol. The molecule has 0 radical (unpaired) electrons. The van der Waals surface area contributed by atoms with Crippen molar-refractivity contribution in [3.63, 3.8) is 0 Å². The van der Waals surface area contributed by atoms with Crippen molar-refractivity contribution in [3.05, 3.63) is 12.0 Å². The van der Waals surface area contributed by atoms with Crippen LogP contribution >= 0.6 is 0 Å². The fourth-order valence-electron chi connectivity index (χ4n) is 2.03. The van der Waals surface area contributed by atoms with E-state index < -0.39 is 5.97 Å². The van der Waals surface area contributed by atoms with Crippen molar-refractivity contribution in [2.45, 2.75) is 25.8 Å². The summed E-state index contributed by atoms with van der Waals surface area (Å²) in [4.78, 5) is 20.9. The van der Waals surface area contributed by atoms with Crippen LogP contribution in [0.25, 0.3) is 11.1 Å². The average Bonchev–Trinajstić information content (AvgIpc) is 3.11. The van der Waals surface area contributed by atoms with Crippen LogP contribution in [0.2, 0.25) is 0 Å². The Morgan fingerprint density at radius 2 is 2.33 bits per heavy atom. The number of rotatable bonds is 4. The van der Waals surface area contributed by atoms with Crippen LogP contribution in [0.3, 0.4) is 0 Å². The third-order valence-corrected chi connectivity index (χ3v) is 2.99. The Morgan fingerprint density at radius 1 is 1.56 bits per heavy atom. The molecule has 0 aromatic carbocycles. The van der Waals surface area contributed by atoms with E-state index in [0.29, 0.717) is 22.6 Å². The minimum Gasteiger partial charge on any atom is -0.480 e. The number of carboxylic acid groups (broad SMARTS) is 1. The summed E-state index contributed by atoms with van der Waals surface area (Å²) in [5.74, 6) is -0.272. The number of hydrogen-bond donors (Lipinski definition) is 1. The van der Waals surface area contributed by atoms with Crippen molar-refractivity contribution < 1.29 is 14.4 Å². The molecule has 2 heterocycles. The standard InChI is InChI=1S/C11H12N4O3/c1-6-9-10(12-5-13-11(9)18-14-6)15(4-8(16)17)7-2-3-7/h5,7H,2-4H2,1H3,(H,16,17). The van der Waals surface area contributed by atoms with Gasteiger partial charge in [0.2, 0.25) is 0 Å². The van der Waals surface area contributed by atoms with Gasteiger partial charge in [-0.2, -0.15) is 4.98 Å². The van der Waals surface area contributed by atoms with E-state index >= 15 is 0 Å². The highest BCUT2D eigenvalue weighted by atomic mass is 16.5. The Bertz CT molecular complexity index is 605. The number of aryl methyl sites for hydroxylation is 1. The van der Waals surface area contributed by atoms with E-state index in [1.54, 1.807) is 11.8 Å². The summed E-state index contributed by atoms with van der Waals surface area (Å²) >= 11 is 0. The molecule has 2 aromatic rings. The number of carboxylic acids is 1. The van der Waals surface area contributed by atoms with E-state index in [-0.39, 0.29) is 12.6 Å². The van der Waals surface area contributed by atoms with Crippen molar-refractivity contribution in [1.82, 2.24) is 15.1 Å². The maximum atomic E-state index is 11.0. The van der Waals surface area contributed by atoms with Gasteiger partial charge in [-0.25, -0.2) is 4.98 Å². The minimum absolute atomic E-state index is 0.0681. The molecule has 0 saturated heterocycles. The molecule has 7 nitrogen and oxygen atoms in total. The average molecular weight is 248 g/mol. The van der Waals surface area contributed by atoms with Gasteiger partial charge in [0.25, 0.3) is 5.71 Å². The molecule has 0 amide bonds. The van der Waals surface area contributed by atoms with Crippen LogP contribution in [0, 0.1) is 6.92 Å². The van der Waals surface area contributed by atoms with E-state index in [2.05, 4.69) is 15.1 Å². The fourth-order valence-corrected chi connectivity index (χ4v) is 2.03. The Labute approximate surface area is 102 Å². The van der Waals surface area contributed by atoms with Gasteiger partial charge in [0, 0.05) is 6.04 Å². The second-order valence-corrected chi connectivity index (χ2v) is 4.40. The number of nitrogens with zero attached hydrogens (tertiary/aromatic N) is 4. The van der Waals surface area contributed by atoms with Gasteiger partial charge in [-0.15, -0.1) is 0 Å². The van der Waals surface area contributed by atoms with E-state index in [1.807, 2.05) is 0 Å². The van der Waals surface area contributed by atoms with Crippen LogP contribution in [0.5, 0.6) is 0 Å². The van der Waals surface area contributed by atoms with Crippen LogP contribution in [0.15, 0.2) is 10.9 Å². The number of aliphatic carboxylic acids is 1. The largest absolute Gasteiger partial charge is 0.480 e. The Balaban J connectivity index is 2.10. The Kier molecular flexibility index (Phi) is 2.39. The molecule has 1 aliphatic rings. The number of fused-ring (bicyclic) bond motifs is 1. The van der Waals surface area contributed by atoms with Gasteiger partial charge >= 0.3 is 5.97 Å². The number of carbonyl (C=O) groups is 1. The molecule has 0 aliphatic heterocycles. The van der Waals surface area contributed by atoms with Crippen molar-refractivity contribution >= 4 is 22.9 Å². The highest BCUT2D eigenvalue weighted by molar-refractivity contribution is 5.89. The van der Waals surface area contributed by atoms with Crippen LogP contribution in [-0.2, 0) is 4.79 Å². The molecule has 7 heteroatoms. The topological polar surface area (TPSA) is 92.4 Å². The van der Waals surface area contributed by atoms with E-state index in [4.69, 9.17) is 9.63 Å². The Hall–Kier alpha value is -2.18. The van der Waals surface area contributed by atoms with E-state index in [0.717, 1.165) is 12.8 Å². The lowest BCUT2D eigenvalue weighted by atomic mass is 10.2. The molecule has 1 aliphatic carbocycles. The second-order valence-electron chi connectivity index (χ2n) is 4.40. The van der Waals surface area contributed by atoms with Gasteiger partial charge < -0.3 is 14.5 Å². The van der Waals surface area contributed by atoms with Crippen LogP contribution in [0.4, 0.5) is 5.82 Å². The van der Waals surface area contributed by atoms with Crippen LogP contribution in [-0.4, -0.2) is 38.8 Å². The third-order valence-electron chi connectivity index (χ3n) is 2.99. The van der Waals surface area contributed by atoms with Gasteiger partial charge in [0.05, 0.1) is 5.69 Å². The summed E-state index contributed by atoms with van der Waals surface area (Å²) in [6.07, 6.45) is 3.35. The highest BCUT2D eigenvalue weighted by Crippen LogP contribution is 2.34. The summed E-state index contributed by atoms with van der Waals surface area (Å²) in [7, 11) is 0. The molecule has 1 saturated carbocycles. The third kappa shape index (κ3) is 1.77. The first kappa shape index (κ1) is 10.9.